The second-order valence-corrected chi connectivity index (χ2v) is 5.96. The molecule has 9 heteroatoms. The lowest BCUT2D eigenvalue weighted by atomic mass is 10.3. The van der Waals surface area contributed by atoms with E-state index in [2.05, 4.69) is 10.3 Å². The molecule has 1 aliphatic rings. The first kappa shape index (κ1) is 14.1. The van der Waals surface area contributed by atoms with Crippen LogP contribution >= 0.6 is 0 Å². The van der Waals surface area contributed by atoms with Crippen LogP contribution in [0.15, 0.2) is 23.4 Å². The van der Waals surface area contributed by atoms with Crippen molar-refractivity contribution < 1.29 is 21.6 Å². The molecule has 2 rings (SSSR count). The minimum absolute atomic E-state index is 0.195. The molecule has 0 unspecified atom stereocenters. The summed E-state index contributed by atoms with van der Waals surface area (Å²) in [4.78, 5) is 3.33. The van der Waals surface area contributed by atoms with E-state index in [1.54, 1.807) is 4.72 Å². The number of hydrogen-bond acceptors (Lipinski definition) is 4. The maximum atomic E-state index is 12.8. The van der Waals surface area contributed by atoms with E-state index in [1.165, 1.54) is 19.3 Å². The van der Waals surface area contributed by atoms with E-state index in [4.69, 9.17) is 0 Å². The van der Waals surface area contributed by atoms with Gasteiger partial charge in [0.15, 0.2) is 0 Å². The Morgan fingerprint density at radius 3 is 2.47 bits per heavy atom. The number of nitrogens with zero attached hydrogens (tertiary/aromatic N) is 1. The van der Waals surface area contributed by atoms with Gasteiger partial charge in [-0.2, -0.15) is 17.9 Å². The predicted octanol–water partition coefficient (Wildman–Crippen LogP) is 1.50. The number of nitrogens with one attached hydrogen (secondary N) is 2. The van der Waals surface area contributed by atoms with Gasteiger partial charge in [0.1, 0.15) is 10.4 Å². The summed E-state index contributed by atoms with van der Waals surface area (Å²) in [6.45, 7) is 0. The zero-order valence-electron chi connectivity index (χ0n) is 9.95. The Morgan fingerprint density at radius 2 is 2.00 bits per heavy atom. The molecule has 1 aliphatic carbocycles. The normalized spacial score (nSPS) is 18.1. The van der Waals surface area contributed by atoms with Gasteiger partial charge in [-0.25, -0.2) is 8.42 Å². The monoisotopic (exact) mass is 295 g/mol. The second kappa shape index (κ2) is 4.34. The van der Waals surface area contributed by atoms with Crippen LogP contribution in [0.1, 0.15) is 12.8 Å². The first-order valence-electron chi connectivity index (χ1n) is 5.44. The number of anilines is 1. The van der Waals surface area contributed by atoms with Gasteiger partial charge < -0.3 is 5.32 Å². The van der Waals surface area contributed by atoms with Gasteiger partial charge in [-0.15, -0.1) is 0 Å². The minimum Gasteiger partial charge on any atom is -0.387 e. The summed E-state index contributed by atoms with van der Waals surface area (Å²) >= 11 is 0. The molecule has 5 nitrogen and oxygen atoms in total. The van der Waals surface area contributed by atoms with E-state index in [-0.39, 0.29) is 23.4 Å². The van der Waals surface area contributed by atoms with Gasteiger partial charge in [0.2, 0.25) is 10.0 Å². The zero-order chi connectivity index (χ0) is 14.3. The summed E-state index contributed by atoms with van der Waals surface area (Å²) in [5.74, 6) is 0. The summed E-state index contributed by atoms with van der Waals surface area (Å²) in [7, 11) is -2.80. The lowest BCUT2D eigenvalue weighted by molar-refractivity contribution is -0.160. The highest BCUT2D eigenvalue weighted by atomic mass is 32.2. The molecule has 0 aliphatic heterocycles. The highest BCUT2D eigenvalue weighted by Gasteiger charge is 2.65. The van der Waals surface area contributed by atoms with Crippen LogP contribution in [-0.2, 0) is 10.0 Å². The van der Waals surface area contributed by atoms with E-state index in [0.29, 0.717) is 0 Å². The Bertz CT molecular complexity index is 582. The summed E-state index contributed by atoms with van der Waals surface area (Å²) in [6.07, 6.45) is -2.72. The topological polar surface area (TPSA) is 71.1 Å². The summed E-state index contributed by atoms with van der Waals surface area (Å²) in [5, 5.41) is 2.61. The van der Waals surface area contributed by atoms with Crippen molar-refractivity contribution in [3.8, 4) is 0 Å². The molecule has 1 saturated carbocycles. The third kappa shape index (κ3) is 2.52. The molecule has 0 saturated heterocycles. The molecule has 1 aromatic rings. The third-order valence-corrected chi connectivity index (χ3v) is 4.53. The summed E-state index contributed by atoms with van der Waals surface area (Å²) < 4.78 is 64.1. The molecular weight excluding hydrogens is 283 g/mol. The van der Waals surface area contributed by atoms with Gasteiger partial charge in [-0.3, -0.25) is 4.98 Å². The fourth-order valence-corrected chi connectivity index (χ4v) is 3.28. The highest BCUT2D eigenvalue weighted by Crippen LogP contribution is 2.49. The van der Waals surface area contributed by atoms with Crippen LogP contribution in [0.4, 0.5) is 18.9 Å². The molecular formula is C10H12F3N3O2S. The van der Waals surface area contributed by atoms with Crippen LogP contribution in [0.3, 0.4) is 0 Å². The fourth-order valence-electron chi connectivity index (χ4n) is 1.68. The van der Waals surface area contributed by atoms with Gasteiger partial charge in [0.25, 0.3) is 0 Å². The van der Waals surface area contributed by atoms with Gasteiger partial charge in [0.05, 0.1) is 5.69 Å². The first-order chi connectivity index (χ1) is 8.72. The number of pyridine rings is 1. The zero-order valence-corrected chi connectivity index (χ0v) is 10.8. The highest BCUT2D eigenvalue weighted by molar-refractivity contribution is 7.89. The van der Waals surface area contributed by atoms with Crippen LogP contribution in [0, 0.1) is 0 Å². The van der Waals surface area contributed by atoms with Gasteiger partial charge >= 0.3 is 6.18 Å². The van der Waals surface area contributed by atoms with Crippen molar-refractivity contribution in [2.24, 2.45) is 0 Å². The Balaban J connectivity index is 2.34. The molecule has 1 heterocycles. The molecule has 0 atom stereocenters. The van der Waals surface area contributed by atoms with Crippen molar-refractivity contribution in [2.75, 3.05) is 12.4 Å². The van der Waals surface area contributed by atoms with Crippen molar-refractivity contribution in [2.45, 2.75) is 29.5 Å². The second-order valence-electron chi connectivity index (χ2n) is 4.31. The molecule has 1 fully saturated rings. The number of hydrogen-bond donors (Lipinski definition) is 2. The Kier molecular flexibility index (Phi) is 3.21. The van der Waals surface area contributed by atoms with Crippen molar-refractivity contribution in [3.05, 3.63) is 18.5 Å². The number of halogens is 3. The average molecular weight is 295 g/mol. The summed E-state index contributed by atoms with van der Waals surface area (Å²) in [5.41, 5.74) is -2.13. The number of sulfonamides is 1. The average Bonchev–Trinajstić information content (AvgIpc) is 3.08. The standard InChI is InChI=1S/C10H12F3N3O2S/c1-14-7-2-5-15-6-8(7)19(17,18)16-9(3-4-9)10(11,12)13/h2,5-6,16H,3-4H2,1H3,(H,14,15). The van der Waals surface area contributed by atoms with E-state index < -0.39 is 21.7 Å². The number of alkyl halides is 3. The molecule has 0 aromatic carbocycles. The van der Waals surface area contributed by atoms with Crippen molar-refractivity contribution in [1.82, 2.24) is 9.71 Å². The smallest absolute Gasteiger partial charge is 0.387 e. The molecule has 0 spiro atoms. The molecule has 2 N–H and O–H groups in total. The van der Waals surface area contributed by atoms with E-state index >= 15 is 0 Å². The predicted molar refractivity (Wildman–Crippen MR) is 62.1 cm³/mol. The summed E-state index contributed by atoms with van der Waals surface area (Å²) in [6, 6.07) is 1.38. The molecule has 19 heavy (non-hydrogen) atoms. The SMILES string of the molecule is CNc1ccncc1S(=O)(=O)NC1(C(F)(F)F)CC1. The first-order valence-corrected chi connectivity index (χ1v) is 6.93. The molecule has 1 aromatic heterocycles. The van der Waals surface area contributed by atoms with Gasteiger partial charge in [-0.1, -0.05) is 0 Å². The van der Waals surface area contributed by atoms with E-state index in [0.717, 1.165) is 6.20 Å². The Hall–Kier alpha value is -1.35. The van der Waals surface area contributed by atoms with Crippen molar-refractivity contribution in [3.63, 3.8) is 0 Å². The quantitative estimate of drug-likeness (QED) is 0.883. The fraction of sp³-hybridized carbons (Fsp3) is 0.500. The Morgan fingerprint density at radius 1 is 1.37 bits per heavy atom. The van der Waals surface area contributed by atoms with Crippen LogP contribution in [-0.4, -0.2) is 32.2 Å². The van der Waals surface area contributed by atoms with Crippen molar-refractivity contribution >= 4 is 15.7 Å². The molecule has 0 radical (unpaired) electrons. The number of rotatable bonds is 4. The lowest BCUT2D eigenvalue weighted by Crippen LogP contribution is -2.47. The van der Waals surface area contributed by atoms with Gasteiger partial charge in [-0.05, 0) is 18.9 Å². The van der Waals surface area contributed by atoms with Crippen LogP contribution in [0.5, 0.6) is 0 Å². The van der Waals surface area contributed by atoms with Crippen LogP contribution in [0.2, 0.25) is 0 Å². The maximum absolute atomic E-state index is 12.8. The Labute approximate surface area is 108 Å². The van der Waals surface area contributed by atoms with Gasteiger partial charge in [0, 0.05) is 19.4 Å². The number of aromatic nitrogens is 1. The molecule has 0 bridgehead atoms. The van der Waals surface area contributed by atoms with Crippen LogP contribution < -0.4 is 10.0 Å². The van der Waals surface area contributed by atoms with E-state index in [1.807, 2.05) is 0 Å². The minimum atomic E-state index is -4.60. The maximum Gasteiger partial charge on any atom is 0.407 e. The molecule has 106 valence electrons. The largest absolute Gasteiger partial charge is 0.407 e. The molecule has 0 amide bonds. The van der Waals surface area contributed by atoms with Crippen LogP contribution in [0.25, 0.3) is 0 Å². The third-order valence-electron chi connectivity index (χ3n) is 2.97. The lowest BCUT2D eigenvalue weighted by Gasteiger charge is -2.21. The van der Waals surface area contributed by atoms with Crippen molar-refractivity contribution in [1.29, 1.82) is 0 Å². The van der Waals surface area contributed by atoms with E-state index in [9.17, 15) is 21.6 Å².